The summed E-state index contributed by atoms with van der Waals surface area (Å²) < 4.78 is 7.08. The van der Waals surface area contributed by atoms with Crippen LogP contribution in [-0.2, 0) is 6.54 Å². The maximum absolute atomic E-state index is 13.4. The first-order valence-electron chi connectivity index (χ1n) is 11.1. The summed E-state index contributed by atoms with van der Waals surface area (Å²) in [6.45, 7) is 4.47. The Morgan fingerprint density at radius 2 is 1.86 bits per heavy atom. The zero-order valence-corrected chi connectivity index (χ0v) is 19.5. The molecule has 9 heteroatoms. The van der Waals surface area contributed by atoms with Gasteiger partial charge in [-0.1, -0.05) is 24.3 Å². The Kier molecular flexibility index (Phi) is 5.52. The number of carbonyl (C=O) groups is 2. The van der Waals surface area contributed by atoms with Crippen molar-refractivity contribution in [2.45, 2.75) is 26.4 Å². The van der Waals surface area contributed by atoms with Crippen LogP contribution >= 0.6 is 0 Å². The lowest BCUT2D eigenvalue weighted by molar-refractivity contribution is 0.0693. The minimum absolute atomic E-state index is 0.0636. The van der Waals surface area contributed by atoms with Gasteiger partial charge in [0, 0.05) is 11.6 Å². The number of pyridine rings is 1. The summed E-state index contributed by atoms with van der Waals surface area (Å²) in [6, 6.07) is 16.2. The molecule has 1 amide bonds. The van der Waals surface area contributed by atoms with Gasteiger partial charge >= 0.3 is 5.97 Å². The van der Waals surface area contributed by atoms with Gasteiger partial charge in [-0.05, 0) is 60.9 Å². The molecule has 0 fully saturated rings. The molecule has 5 rings (SSSR count). The molecule has 0 spiro atoms. The highest BCUT2D eigenvalue weighted by Crippen LogP contribution is 2.33. The molecule has 1 aliphatic rings. The fraction of sp³-hybridized carbons (Fsp3) is 0.192. The van der Waals surface area contributed by atoms with Crippen molar-refractivity contribution in [2.75, 3.05) is 12.0 Å². The summed E-state index contributed by atoms with van der Waals surface area (Å²) in [5.41, 5.74) is 3.57. The minimum Gasteiger partial charge on any atom is -0.496 e. The number of ether oxygens (including phenoxy) is 1. The van der Waals surface area contributed by atoms with Crippen LogP contribution in [-0.4, -0.2) is 43.8 Å². The highest BCUT2D eigenvalue weighted by molar-refractivity contribution is 6.10. The first kappa shape index (κ1) is 22.3. The van der Waals surface area contributed by atoms with Crippen LogP contribution in [0.3, 0.4) is 0 Å². The number of carbonyl (C=O) groups excluding carboxylic acids is 1. The Bertz CT molecular complexity index is 1460. The highest BCUT2D eigenvalue weighted by atomic mass is 16.5. The third-order valence-electron chi connectivity index (χ3n) is 6.05. The molecule has 9 nitrogen and oxygen atoms in total. The van der Waals surface area contributed by atoms with E-state index in [2.05, 4.69) is 10.2 Å². The second-order valence-electron chi connectivity index (χ2n) is 8.52. The standard InChI is InChI=1S/C26H23N5O4/c1-15(2)31-14-27-29-24(31)21-5-4-6-23(28-21)30-13-18-8-7-16(11-19(18)25(30)32)17-9-10-22(35-3)20(12-17)26(33)34/h4-12,14-15H,13H2,1-3H3,(H,33,34). The lowest BCUT2D eigenvalue weighted by Gasteiger charge is -2.16. The molecule has 2 aromatic carbocycles. The van der Waals surface area contributed by atoms with Gasteiger partial charge in [0.25, 0.3) is 5.91 Å². The van der Waals surface area contributed by atoms with E-state index < -0.39 is 5.97 Å². The van der Waals surface area contributed by atoms with Crippen molar-refractivity contribution >= 4 is 17.7 Å². The Morgan fingerprint density at radius 1 is 1.09 bits per heavy atom. The van der Waals surface area contributed by atoms with Crippen LogP contribution in [0.4, 0.5) is 5.82 Å². The molecule has 0 radical (unpaired) electrons. The zero-order valence-electron chi connectivity index (χ0n) is 19.5. The topological polar surface area (TPSA) is 110 Å². The molecular weight excluding hydrogens is 446 g/mol. The van der Waals surface area contributed by atoms with Crippen LogP contribution in [0.25, 0.3) is 22.6 Å². The molecule has 0 bridgehead atoms. The number of aromatic carboxylic acids is 1. The monoisotopic (exact) mass is 469 g/mol. The molecule has 176 valence electrons. The maximum atomic E-state index is 13.4. The van der Waals surface area contributed by atoms with Gasteiger partial charge in [-0.2, -0.15) is 0 Å². The van der Waals surface area contributed by atoms with Gasteiger partial charge in [0.15, 0.2) is 5.82 Å². The number of aromatic nitrogens is 4. The third kappa shape index (κ3) is 3.90. The quantitative estimate of drug-likeness (QED) is 0.444. The van der Waals surface area contributed by atoms with Gasteiger partial charge in [-0.15, -0.1) is 10.2 Å². The second kappa shape index (κ2) is 8.68. The number of amides is 1. The van der Waals surface area contributed by atoms with Crippen LogP contribution in [0.2, 0.25) is 0 Å². The van der Waals surface area contributed by atoms with Crippen molar-refractivity contribution in [2.24, 2.45) is 0 Å². The molecule has 1 N–H and O–H groups in total. The van der Waals surface area contributed by atoms with E-state index in [1.165, 1.54) is 7.11 Å². The number of hydrogen-bond acceptors (Lipinski definition) is 6. The first-order valence-corrected chi connectivity index (χ1v) is 11.1. The molecule has 35 heavy (non-hydrogen) atoms. The number of benzene rings is 2. The number of fused-ring (bicyclic) bond motifs is 1. The summed E-state index contributed by atoms with van der Waals surface area (Å²) in [5, 5.41) is 17.7. The van der Waals surface area contributed by atoms with Gasteiger partial charge in [0.05, 0.1) is 13.7 Å². The number of anilines is 1. The average molecular weight is 470 g/mol. The van der Waals surface area contributed by atoms with Gasteiger partial charge in [0.1, 0.15) is 29.2 Å². The van der Waals surface area contributed by atoms with E-state index in [1.807, 2.05) is 42.7 Å². The van der Waals surface area contributed by atoms with Crippen molar-refractivity contribution in [3.63, 3.8) is 0 Å². The summed E-state index contributed by atoms with van der Waals surface area (Å²) in [7, 11) is 1.43. The molecule has 0 unspecified atom stereocenters. The predicted molar refractivity (Wildman–Crippen MR) is 130 cm³/mol. The van der Waals surface area contributed by atoms with Crippen LogP contribution in [0.1, 0.15) is 46.2 Å². The Hall–Kier alpha value is -4.53. The van der Waals surface area contributed by atoms with Crippen molar-refractivity contribution in [3.8, 4) is 28.4 Å². The molecule has 0 aliphatic carbocycles. The van der Waals surface area contributed by atoms with Gasteiger partial charge < -0.3 is 14.4 Å². The largest absolute Gasteiger partial charge is 0.496 e. The molecule has 0 saturated heterocycles. The summed E-state index contributed by atoms with van der Waals surface area (Å²) >= 11 is 0. The summed E-state index contributed by atoms with van der Waals surface area (Å²) in [5.74, 6) is 0.210. The van der Waals surface area contributed by atoms with Crippen LogP contribution < -0.4 is 9.64 Å². The first-order chi connectivity index (χ1) is 16.9. The normalized spacial score (nSPS) is 12.8. The lowest BCUT2D eigenvalue weighted by Crippen LogP contribution is -2.24. The SMILES string of the molecule is COc1ccc(-c2ccc3c(c2)C(=O)N(c2cccc(-c4nncn4C(C)C)n2)C3)cc1C(=O)O. The van der Waals surface area contributed by atoms with Crippen molar-refractivity contribution in [3.05, 3.63) is 77.6 Å². The fourth-order valence-corrected chi connectivity index (χ4v) is 4.22. The molecular formula is C26H23N5O4. The van der Waals surface area contributed by atoms with E-state index in [0.29, 0.717) is 35.0 Å². The van der Waals surface area contributed by atoms with Crippen LogP contribution in [0.5, 0.6) is 5.75 Å². The Balaban J connectivity index is 1.47. The number of hydrogen-bond donors (Lipinski definition) is 1. The van der Waals surface area contributed by atoms with E-state index in [-0.39, 0.29) is 23.3 Å². The van der Waals surface area contributed by atoms with E-state index in [4.69, 9.17) is 9.72 Å². The zero-order chi connectivity index (χ0) is 24.7. The number of carboxylic acids is 1. The van der Waals surface area contributed by atoms with Gasteiger partial charge in [0.2, 0.25) is 0 Å². The summed E-state index contributed by atoms with van der Waals surface area (Å²) in [4.78, 5) is 31.3. The van der Waals surface area contributed by atoms with Crippen molar-refractivity contribution in [1.29, 1.82) is 0 Å². The van der Waals surface area contributed by atoms with Gasteiger partial charge in [-0.25, -0.2) is 9.78 Å². The lowest BCUT2D eigenvalue weighted by atomic mass is 9.98. The molecule has 1 aliphatic heterocycles. The predicted octanol–water partition coefficient (Wildman–Crippen LogP) is 4.46. The Morgan fingerprint density at radius 3 is 2.60 bits per heavy atom. The molecule has 0 atom stereocenters. The fourth-order valence-electron chi connectivity index (χ4n) is 4.22. The average Bonchev–Trinajstić information content (AvgIpc) is 3.49. The van der Waals surface area contributed by atoms with Crippen LogP contribution in [0, 0.1) is 0 Å². The van der Waals surface area contributed by atoms with Crippen molar-refractivity contribution in [1.82, 2.24) is 19.7 Å². The van der Waals surface area contributed by atoms with E-state index >= 15 is 0 Å². The molecule has 2 aromatic heterocycles. The van der Waals surface area contributed by atoms with E-state index in [0.717, 1.165) is 11.1 Å². The van der Waals surface area contributed by atoms with E-state index in [1.54, 1.807) is 41.6 Å². The number of rotatable bonds is 6. The minimum atomic E-state index is -1.08. The number of carboxylic acid groups (broad SMARTS) is 1. The third-order valence-corrected chi connectivity index (χ3v) is 6.05. The van der Waals surface area contributed by atoms with E-state index in [9.17, 15) is 14.7 Å². The second-order valence-corrected chi connectivity index (χ2v) is 8.52. The molecule has 4 aromatic rings. The van der Waals surface area contributed by atoms with Gasteiger partial charge in [-0.3, -0.25) is 9.69 Å². The Labute approximate surface area is 201 Å². The smallest absolute Gasteiger partial charge is 0.339 e. The molecule has 0 saturated carbocycles. The highest BCUT2D eigenvalue weighted by Gasteiger charge is 2.30. The van der Waals surface area contributed by atoms with Crippen molar-refractivity contribution < 1.29 is 19.4 Å². The maximum Gasteiger partial charge on any atom is 0.339 e. The summed E-state index contributed by atoms with van der Waals surface area (Å²) in [6.07, 6.45) is 1.67. The number of methoxy groups -OCH3 is 1. The van der Waals surface area contributed by atoms with Crippen LogP contribution in [0.15, 0.2) is 60.9 Å². The number of nitrogens with zero attached hydrogens (tertiary/aromatic N) is 5. The molecule has 3 heterocycles.